The molecular formula is C13H8FN3O2. The van der Waals surface area contributed by atoms with Crippen molar-refractivity contribution in [2.75, 3.05) is 5.73 Å². The first-order valence-electron chi connectivity index (χ1n) is 5.21. The van der Waals surface area contributed by atoms with E-state index in [2.05, 4.69) is 4.98 Å². The van der Waals surface area contributed by atoms with Crippen LogP contribution < -0.4 is 5.73 Å². The number of pyridine rings is 1. The molecule has 0 amide bonds. The van der Waals surface area contributed by atoms with Gasteiger partial charge in [-0.05, 0) is 24.3 Å². The third-order valence-corrected chi connectivity index (χ3v) is 2.54. The number of benzene rings is 1. The Labute approximate surface area is 107 Å². The standard InChI is InChI=1S/C13H8FN3O2/c14-11-2-1-7(5-15)3-8(11)10-6-17-12(16)4-9(10)13(18)19/h1-4,6H,(H2,16,17)(H,18,19). The monoisotopic (exact) mass is 257 g/mol. The molecule has 1 aromatic carbocycles. The van der Waals surface area contributed by atoms with E-state index in [0.29, 0.717) is 0 Å². The first kappa shape index (κ1) is 12.5. The number of aromatic carboxylic acids is 1. The molecule has 0 aliphatic rings. The summed E-state index contributed by atoms with van der Waals surface area (Å²) in [7, 11) is 0. The summed E-state index contributed by atoms with van der Waals surface area (Å²) >= 11 is 0. The van der Waals surface area contributed by atoms with Crippen LogP contribution in [0.3, 0.4) is 0 Å². The minimum Gasteiger partial charge on any atom is -0.478 e. The SMILES string of the molecule is N#Cc1ccc(F)c(-c2cnc(N)cc2C(=O)O)c1. The van der Waals surface area contributed by atoms with E-state index in [1.807, 2.05) is 6.07 Å². The molecule has 0 atom stereocenters. The molecule has 1 aromatic heterocycles. The number of nitriles is 1. The summed E-state index contributed by atoms with van der Waals surface area (Å²) in [6.07, 6.45) is 1.18. The number of carboxylic acids is 1. The van der Waals surface area contributed by atoms with Crippen LogP contribution in [0, 0.1) is 17.1 Å². The average Bonchev–Trinajstić information content (AvgIpc) is 2.39. The quantitative estimate of drug-likeness (QED) is 0.857. The lowest BCUT2D eigenvalue weighted by Gasteiger charge is -2.08. The second kappa shape index (κ2) is 4.74. The van der Waals surface area contributed by atoms with Gasteiger partial charge in [-0.25, -0.2) is 14.2 Å². The average molecular weight is 257 g/mol. The van der Waals surface area contributed by atoms with Crippen LogP contribution in [0.2, 0.25) is 0 Å². The molecule has 0 saturated carbocycles. The van der Waals surface area contributed by atoms with Crippen LogP contribution >= 0.6 is 0 Å². The van der Waals surface area contributed by atoms with Gasteiger partial charge in [0.2, 0.25) is 0 Å². The van der Waals surface area contributed by atoms with E-state index in [0.717, 1.165) is 12.1 Å². The summed E-state index contributed by atoms with van der Waals surface area (Å²) < 4.78 is 13.8. The predicted octanol–water partition coefficient (Wildman–Crippen LogP) is 2.04. The van der Waals surface area contributed by atoms with Crippen LogP contribution in [-0.4, -0.2) is 16.1 Å². The van der Waals surface area contributed by atoms with Crippen molar-refractivity contribution in [1.29, 1.82) is 5.26 Å². The van der Waals surface area contributed by atoms with E-state index in [1.165, 1.54) is 18.3 Å². The van der Waals surface area contributed by atoms with Crippen molar-refractivity contribution in [3.05, 3.63) is 47.4 Å². The third-order valence-electron chi connectivity index (χ3n) is 2.54. The molecule has 2 rings (SSSR count). The predicted molar refractivity (Wildman–Crippen MR) is 65.7 cm³/mol. The lowest BCUT2D eigenvalue weighted by Crippen LogP contribution is -2.04. The van der Waals surface area contributed by atoms with Crippen molar-refractivity contribution >= 4 is 11.8 Å². The molecule has 0 bridgehead atoms. The van der Waals surface area contributed by atoms with Gasteiger partial charge in [0.05, 0.1) is 17.2 Å². The minimum atomic E-state index is -1.24. The fraction of sp³-hybridized carbons (Fsp3) is 0. The summed E-state index contributed by atoms with van der Waals surface area (Å²) in [5.41, 5.74) is 5.56. The molecule has 1 heterocycles. The highest BCUT2D eigenvalue weighted by Crippen LogP contribution is 2.27. The number of hydrogen-bond donors (Lipinski definition) is 2. The molecule has 3 N–H and O–H groups in total. The lowest BCUT2D eigenvalue weighted by atomic mass is 9.99. The van der Waals surface area contributed by atoms with Gasteiger partial charge in [0, 0.05) is 17.3 Å². The Bertz CT molecular complexity index is 708. The van der Waals surface area contributed by atoms with E-state index < -0.39 is 11.8 Å². The number of anilines is 1. The summed E-state index contributed by atoms with van der Waals surface area (Å²) in [5.74, 6) is -1.85. The van der Waals surface area contributed by atoms with Crippen molar-refractivity contribution < 1.29 is 14.3 Å². The van der Waals surface area contributed by atoms with Crippen molar-refractivity contribution in [2.24, 2.45) is 0 Å². The summed E-state index contributed by atoms with van der Waals surface area (Å²) in [4.78, 5) is 14.9. The fourth-order valence-corrected chi connectivity index (χ4v) is 1.66. The summed E-state index contributed by atoms with van der Waals surface area (Å²) in [6, 6.07) is 6.70. The Morgan fingerprint density at radius 2 is 2.11 bits per heavy atom. The van der Waals surface area contributed by atoms with Crippen molar-refractivity contribution in [2.45, 2.75) is 0 Å². The second-order valence-corrected chi connectivity index (χ2v) is 3.77. The van der Waals surface area contributed by atoms with Crippen molar-refractivity contribution in [3.8, 4) is 17.2 Å². The molecule has 94 valence electrons. The molecular weight excluding hydrogens is 249 g/mol. The number of carboxylic acid groups (broad SMARTS) is 1. The van der Waals surface area contributed by atoms with Gasteiger partial charge in [-0.3, -0.25) is 0 Å². The summed E-state index contributed by atoms with van der Waals surface area (Å²) in [5, 5.41) is 17.9. The van der Waals surface area contributed by atoms with Crippen LogP contribution in [0.4, 0.5) is 10.2 Å². The maximum atomic E-state index is 13.8. The van der Waals surface area contributed by atoms with Crippen molar-refractivity contribution in [3.63, 3.8) is 0 Å². The fourth-order valence-electron chi connectivity index (χ4n) is 1.66. The Balaban J connectivity index is 2.72. The number of nitrogens with zero attached hydrogens (tertiary/aromatic N) is 2. The van der Waals surface area contributed by atoms with E-state index in [4.69, 9.17) is 16.1 Å². The molecule has 0 spiro atoms. The number of halogens is 1. The first-order chi connectivity index (χ1) is 9.02. The number of aromatic nitrogens is 1. The number of nitrogen functional groups attached to an aromatic ring is 1. The second-order valence-electron chi connectivity index (χ2n) is 3.77. The Morgan fingerprint density at radius 3 is 2.74 bits per heavy atom. The normalized spacial score (nSPS) is 9.89. The van der Waals surface area contributed by atoms with Gasteiger partial charge < -0.3 is 10.8 Å². The van der Waals surface area contributed by atoms with Gasteiger partial charge in [0.25, 0.3) is 0 Å². The molecule has 0 saturated heterocycles. The molecule has 0 unspecified atom stereocenters. The Kier molecular flexibility index (Phi) is 3.12. The summed E-state index contributed by atoms with van der Waals surface area (Å²) in [6.45, 7) is 0. The molecule has 0 aliphatic heterocycles. The van der Waals surface area contributed by atoms with Crippen LogP contribution in [0.1, 0.15) is 15.9 Å². The number of carbonyl (C=O) groups is 1. The molecule has 5 nitrogen and oxygen atoms in total. The molecule has 19 heavy (non-hydrogen) atoms. The zero-order valence-electron chi connectivity index (χ0n) is 9.59. The number of rotatable bonds is 2. The number of nitrogens with two attached hydrogens (primary N) is 1. The van der Waals surface area contributed by atoms with Gasteiger partial charge in [-0.15, -0.1) is 0 Å². The molecule has 0 fully saturated rings. The molecule has 0 aliphatic carbocycles. The van der Waals surface area contributed by atoms with Crippen LogP contribution in [0.5, 0.6) is 0 Å². The van der Waals surface area contributed by atoms with Gasteiger partial charge in [-0.2, -0.15) is 5.26 Å². The lowest BCUT2D eigenvalue weighted by molar-refractivity contribution is 0.0697. The molecule has 6 heteroatoms. The Hall–Kier alpha value is -2.94. The van der Waals surface area contributed by atoms with E-state index in [-0.39, 0.29) is 28.1 Å². The largest absolute Gasteiger partial charge is 0.478 e. The first-order valence-corrected chi connectivity index (χ1v) is 5.21. The maximum Gasteiger partial charge on any atom is 0.336 e. The zero-order valence-corrected chi connectivity index (χ0v) is 9.59. The highest BCUT2D eigenvalue weighted by atomic mass is 19.1. The van der Waals surface area contributed by atoms with Crippen LogP contribution in [0.15, 0.2) is 30.5 Å². The van der Waals surface area contributed by atoms with Crippen molar-refractivity contribution in [1.82, 2.24) is 4.98 Å². The van der Waals surface area contributed by atoms with Crippen LogP contribution in [-0.2, 0) is 0 Å². The van der Waals surface area contributed by atoms with E-state index >= 15 is 0 Å². The number of hydrogen-bond acceptors (Lipinski definition) is 4. The van der Waals surface area contributed by atoms with E-state index in [9.17, 15) is 9.18 Å². The van der Waals surface area contributed by atoms with Crippen LogP contribution in [0.25, 0.3) is 11.1 Å². The van der Waals surface area contributed by atoms with Gasteiger partial charge in [0.15, 0.2) is 0 Å². The van der Waals surface area contributed by atoms with E-state index in [1.54, 1.807) is 0 Å². The van der Waals surface area contributed by atoms with Gasteiger partial charge >= 0.3 is 5.97 Å². The smallest absolute Gasteiger partial charge is 0.336 e. The van der Waals surface area contributed by atoms with Gasteiger partial charge in [0.1, 0.15) is 11.6 Å². The Morgan fingerprint density at radius 1 is 1.37 bits per heavy atom. The molecule has 2 aromatic rings. The highest BCUT2D eigenvalue weighted by molar-refractivity contribution is 5.96. The topological polar surface area (TPSA) is 100 Å². The zero-order chi connectivity index (χ0) is 14.0. The third kappa shape index (κ3) is 2.35. The minimum absolute atomic E-state index is 0.00366. The highest BCUT2D eigenvalue weighted by Gasteiger charge is 2.16. The van der Waals surface area contributed by atoms with Gasteiger partial charge in [-0.1, -0.05) is 0 Å². The molecule has 0 radical (unpaired) electrons. The maximum absolute atomic E-state index is 13.8.